The average molecular weight is 148 g/mol. The number of hydrogen-bond acceptors (Lipinski definition) is 3. The van der Waals surface area contributed by atoms with Gasteiger partial charge in [0.25, 0.3) is 0 Å². The molecule has 0 atom stereocenters. The van der Waals surface area contributed by atoms with Crippen LogP contribution in [0.2, 0.25) is 0 Å². The Labute approximate surface area is 64.9 Å². The van der Waals surface area contributed by atoms with Gasteiger partial charge < -0.3 is 14.6 Å². The molecule has 0 amide bonds. The molecular formula is C6H6B2O3. The molecular weight excluding hydrogens is 142 g/mol. The van der Waals surface area contributed by atoms with Crippen LogP contribution in [-0.2, 0) is 4.57 Å². The van der Waals surface area contributed by atoms with Crippen molar-refractivity contribution in [3.63, 3.8) is 0 Å². The molecule has 54 valence electrons. The van der Waals surface area contributed by atoms with Crippen molar-refractivity contribution in [2.75, 3.05) is 0 Å². The van der Waals surface area contributed by atoms with E-state index in [0.717, 1.165) is 0 Å². The monoisotopic (exact) mass is 148 g/mol. The fourth-order valence-corrected chi connectivity index (χ4v) is 1.23. The zero-order valence-corrected chi connectivity index (χ0v) is 5.77. The van der Waals surface area contributed by atoms with Crippen molar-refractivity contribution in [1.82, 2.24) is 0 Å². The molecule has 2 rings (SSSR count). The van der Waals surface area contributed by atoms with E-state index in [1.807, 2.05) is 0 Å². The van der Waals surface area contributed by atoms with E-state index in [2.05, 4.69) is 0 Å². The molecule has 0 aromatic heterocycles. The summed E-state index contributed by atoms with van der Waals surface area (Å²) < 4.78 is 4.74. The smallest absolute Gasteiger partial charge is 0.443 e. The summed E-state index contributed by atoms with van der Waals surface area (Å²) >= 11 is 0. The molecule has 0 aliphatic carbocycles. The Balaban J connectivity index is 2.52. The van der Waals surface area contributed by atoms with Gasteiger partial charge in [-0.05, 0) is 10.9 Å². The molecule has 0 saturated carbocycles. The molecule has 0 saturated heterocycles. The first-order chi connectivity index (χ1) is 5.29. The van der Waals surface area contributed by atoms with E-state index in [4.69, 9.17) is 14.6 Å². The molecule has 1 aliphatic heterocycles. The molecule has 0 radical (unpaired) electrons. The molecule has 1 aliphatic rings. The molecule has 0 bridgehead atoms. The Morgan fingerprint density at radius 2 is 1.45 bits per heavy atom. The average Bonchev–Trinajstić information content (AvgIpc) is 2.30. The Kier molecular flexibility index (Phi) is 1.49. The summed E-state index contributed by atoms with van der Waals surface area (Å²) in [6.07, 6.45) is 0. The van der Waals surface area contributed by atoms with Gasteiger partial charge in [0.15, 0.2) is 0 Å². The van der Waals surface area contributed by atoms with Crippen molar-refractivity contribution in [2.24, 2.45) is 0 Å². The van der Waals surface area contributed by atoms with Gasteiger partial charge in [0.05, 0.1) is 0 Å². The Morgan fingerprint density at radius 1 is 1.00 bits per heavy atom. The van der Waals surface area contributed by atoms with Crippen molar-refractivity contribution >= 4 is 25.2 Å². The van der Waals surface area contributed by atoms with E-state index in [0.29, 0.717) is 10.9 Å². The number of benzene rings is 1. The zero-order valence-electron chi connectivity index (χ0n) is 5.77. The van der Waals surface area contributed by atoms with Crippen LogP contribution in [0.15, 0.2) is 24.3 Å². The molecule has 2 N–H and O–H groups in total. The lowest BCUT2D eigenvalue weighted by Gasteiger charge is -1.94. The van der Waals surface area contributed by atoms with E-state index in [1.165, 1.54) is 0 Å². The topological polar surface area (TPSA) is 49.7 Å². The second-order valence-corrected chi connectivity index (χ2v) is 2.47. The van der Waals surface area contributed by atoms with Crippen LogP contribution < -0.4 is 10.9 Å². The summed E-state index contributed by atoms with van der Waals surface area (Å²) in [4.78, 5) is 0. The number of hydrogen-bond donors (Lipinski definition) is 2. The van der Waals surface area contributed by atoms with Gasteiger partial charge in [-0.15, -0.1) is 0 Å². The summed E-state index contributed by atoms with van der Waals surface area (Å²) in [6.45, 7) is 0. The van der Waals surface area contributed by atoms with Crippen molar-refractivity contribution in [2.45, 2.75) is 0 Å². The third-order valence-electron chi connectivity index (χ3n) is 1.79. The maximum absolute atomic E-state index is 9.17. The molecule has 11 heavy (non-hydrogen) atoms. The largest absolute Gasteiger partial charge is 0.477 e. The summed E-state index contributed by atoms with van der Waals surface area (Å²) in [5, 5.41) is 18.3. The SMILES string of the molecule is OB1OB(O)c2ccccc21. The molecule has 5 heteroatoms. The fraction of sp³-hybridized carbons (Fsp3) is 0. The van der Waals surface area contributed by atoms with Crippen molar-refractivity contribution in [3.8, 4) is 0 Å². The maximum atomic E-state index is 9.17. The van der Waals surface area contributed by atoms with Gasteiger partial charge in [-0.25, -0.2) is 0 Å². The molecule has 1 aromatic rings. The first kappa shape index (κ1) is 6.91. The van der Waals surface area contributed by atoms with E-state index in [1.54, 1.807) is 24.3 Å². The molecule has 1 heterocycles. The fourth-order valence-electron chi connectivity index (χ4n) is 1.23. The minimum absolute atomic E-state index is 0.653. The maximum Gasteiger partial charge on any atom is 0.477 e. The first-order valence-electron chi connectivity index (χ1n) is 3.39. The van der Waals surface area contributed by atoms with Gasteiger partial charge in [-0.1, -0.05) is 24.3 Å². The quantitative estimate of drug-likeness (QED) is 0.422. The predicted molar refractivity (Wildman–Crippen MR) is 42.7 cm³/mol. The van der Waals surface area contributed by atoms with Crippen LogP contribution in [-0.4, -0.2) is 24.3 Å². The molecule has 3 nitrogen and oxygen atoms in total. The molecule has 0 spiro atoms. The van der Waals surface area contributed by atoms with Gasteiger partial charge in [0, 0.05) is 0 Å². The molecule has 0 unspecified atom stereocenters. The van der Waals surface area contributed by atoms with Crippen molar-refractivity contribution < 1.29 is 14.6 Å². The minimum Gasteiger partial charge on any atom is -0.443 e. The highest BCUT2D eigenvalue weighted by atomic mass is 16.6. The highest BCUT2D eigenvalue weighted by Gasteiger charge is 2.37. The Morgan fingerprint density at radius 3 is 1.91 bits per heavy atom. The van der Waals surface area contributed by atoms with Gasteiger partial charge in [-0.2, -0.15) is 0 Å². The van der Waals surface area contributed by atoms with Crippen molar-refractivity contribution in [3.05, 3.63) is 24.3 Å². The standard InChI is InChI=1S/C6H6B2O3/c9-7-5-3-1-2-4-6(5)8(10)11-7/h1-4,9-10H. The zero-order chi connectivity index (χ0) is 7.84. The van der Waals surface area contributed by atoms with E-state index < -0.39 is 14.2 Å². The second-order valence-electron chi connectivity index (χ2n) is 2.47. The molecule has 0 fully saturated rings. The lowest BCUT2D eigenvalue weighted by molar-refractivity contribution is 0.386. The third kappa shape index (κ3) is 0.976. The van der Waals surface area contributed by atoms with Gasteiger partial charge in [-0.3, -0.25) is 0 Å². The van der Waals surface area contributed by atoms with Crippen LogP contribution in [0.5, 0.6) is 0 Å². The lowest BCUT2D eigenvalue weighted by Crippen LogP contribution is -2.35. The summed E-state index contributed by atoms with van der Waals surface area (Å²) in [7, 11) is -1.94. The third-order valence-corrected chi connectivity index (χ3v) is 1.79. The summed E-state index contributed by atoms with van der Waals surface area (Å²) in [5.41, 5.74) is 1.31. The predicted octanol–water partition coefficient (Wildman–Crippen LogP) is -1.91. The highest BCUT2D eigenvalue weighted by molar-refractivity contribution is 6.84. The van der Waals surface area contributed by atoms with Crippen LogP contribution >= 0.6 is 0 Å². The van der Waals surface area contributed by atoms with E-state index in [9.17, 15) is 0 Å². The highest BCUT2D eigenvalue weighted by Crippen LogP contribution is 1.97. The number of rotatable bonds is 0. The van der Waals surface area contributed by atoms with Crippen LogP contribution in [0.3, 0.4) is 0 Å². The van der Waals surface area contributed by atoms with Crippen LogP contribution in [0.1, 0.15) is 0 Å². The van der Waals surface area contributed by atoms with Crippen LogP contribution in [0.25, 0.3) is 0 Å². The van der Waals surface area contributed by atoms with Gasteiger partial charge in [0.2, 0.25) is 0 Å². The Hall–Kier alpha value is -0.770. The van der Waals surface area contributed by atoms with Crippen LogP contribution in [0, 0.1) is 0 Å². The summed E-state index contributed by atoms with van der Waals surface area (Å²) in [6, 6.07) is 7.05. The minimum atomic E-state index is -0.971. The van der Waals surface area contributed by atoms with Gasteiger partial charge in [0.1, 0.15) is 0 Å². The first-order valence-corrected chi connectivity index (χ1v) is 3.39. The normalized spacial score (nSPS) is 15.5. The van der Waals surface area contributed by atoms with E-state index in [-0.39, 0.29) is 0 Å². The second kappa shape index (κ2) is 2.37. The van der Waals surface area contributed by atoms with Crippen molar-refractivity contribution in [1.29, 1.82) is 0 Å². The van der Waals surface area contributed by atoms with Gasteiger partial charge >= 0.3 is 14.2 Å². The van der Waals surface area contributed by atoms with E-state index >= 15 is 0 Å². The lowest BCUT2D eigenvalue weighted by atomic mass is 9.74. The van der Waals surface area contributed by atoms with Crippen LogP contribution in [0.4, 0.5) is 0 Å². The molecule has 1 aromatic carbocycles. The Bertz CT molecular complexity index is 251. The number of fused-ring (bicyclic) bond motifs is 1. The summed E-state index contributed by atoms with van der Waals surface area (Å²) in [5.74, 6) is 0.